The van der Waals surface area contributed by atoms with Crippen molar-refractivity contribution in [3.05, 3.63) is 32.9 Å². The number of nitrogens with zero attached hydrogens (tertiary/aromatic N) is 3. The zero-order valence-electron chi connectivity index (χ0n) is 8.27. The number of halogens is 1. The highest BCUT2D eigenvalue weighted by atomic mass is 79.9. The van der Waals surface area contributed by atoms with Gasteiger partial charge in [-0.05, 0) is 32.9 Å². The number of rotatable bonds is 4. The lowest BCUT2D eigenvalue weighted by Crippen LogP contribution is -2.15. The van der Waals surface area contributed by atoms with Gasteiger partial charge in [0, 0.05) is 13.6 Å². The summed E-state index contributed by atoms with van der Waals surface area (Å²) in [7, 11) is 1.89. The fourth-order valence-corrected chi connectivity index (χ4v) is 2.45. The monoisotopic (exact) mass is 286 g/mol. The number of thiophene rings is 1. The highest BCUT2D eigenvalue weighted by molar-refractivity contribution is 9.11. The molecule has 80 valence electrons. The summed E-state index contributed by atoms with van der Waals surface area (Å²) in [5.74, 6) is 0.948. The lowest BCUT2D eigenvalue weighted by Gasteiger charge is -2.01. The third-order valence-electron chi connectivity index (χ3n) is 2.04. The van der Waals surface area contributed by atoms with Crippen LogP contribution in [0, 0.1) is 0 Å². The number of nitrogens with one attached hydrogen (secondary N) is 1. The van der Waals surface area contributed by atoms with Crippen molar-refractivity contribution in [1.82, 2.24) is 20.1 Å². The van der Waals surface area contributed by atoms with Crippen molar-refractivity contribution in [2.45, 2.75) is 13.1 Å². The fourth-order valence-electron chi connectivity index (χ4n) is 1.24. The second-order valence-corrected chi connectivity index (χ2v) is 5.45. The lowest BCUT2D eigenvalue weighted by molar-refractivity contribution is 0.615. The molecule has 0 radical (unpaired) electrons. The molecule has 0 saturated heterocycles. The summed E-state index contributed by atoms with van der Waals surface area (Å²) >= 11 is 5.14. The molecule has 0 aliphatic heterocycles. The minimum absolute atomic E-state index is 0.740. The van der Waals surface area contributed by atoms with Crippen molar-refractivity contribution < 1.29 is 0 Å². The molecule has 0 bridgehead atoms. The van der Waals surface area contributed by atoms with E-state index in [0.717, 1.165) is 22.7 Å². The molecule has 0 aliphatic rings. The van der Waals surface area contributed by atoms with E-state index in [1.807, 2.05) is 7.05 Å². The fraction of sp³-hybridized carbons (Fsp3) is 0.333. The van der Waals surface area contributed by atoms with Crippen LogP contribution in [0.2, 0.25) is 0 Å². The van der Waals surface area contributed by atoms with Crippen molar-refractivity contribution in [2.75, 3.05) is 0 Å². The first-order valence-corrected chi connectivity index (χ1v) is 6.19. The van der Waals surface area contributed by atoms with Crippen LogP contribution in [0.5, 0.6) is 0 Å². The Kier molecular flexibility index (Phi) is 3.50. The van der Waals surface area contributed by atoms with Crippen molar-refractivity contribution in [2.24, 2.45) is 7.05 Å². The molecule has 0 fully saturated rings. The molecule has 6 heteroatoms. The van der Waals surface area contributed by atoms with E-state index in [9.17, 15) is 0 Å². The van der Waals surface area contributed by atoms with Crippen LogP contribution in [-0.4, -0.2) is 14.8 Å². The molecule has 0 unspecified atom stereocenters. The van der Waals surface area contributed by atoms with Crippen molar-refractivity contribution >= 4 is 27.3 Å². The largest absolute Gasteiger partial charge is 0.306 e. The first-order valence-electron chi connectivity index (χ1n) is 4.52. The summed E-state index contributed by atoms with van der Waals surface area (Å²) in [5, 5.41) is 9.46. The SMILES string of the molecule is Cn1ncnc1CNCc1csc(Br)c1. The third kappa shape index (κ3) is 2.87. The molecule has 2 aromatic rings. The minimum Gasteiger partial charge on any atom is -0.306 e. The molecule has 1 N–H and O–H groups in total. The van der Waals surface area contributed by atoms with E-state index in [-0.39, 0.29) is 0 Å². The van der Waals surface area contributed by atoms with E-state index in [1.54, 1.807) is 22.3 Å². The van der Waals surface area contributed by atoms with E-state index in [4.69, 9.17) is 0 Å². The first-order chi connectivity index (χ1) is 7.25. The van der Waals surface area contributed by atoms with Crippen LogP contribution < -0.4 is 5.32 Å². The molecule has 0 atom stereocenters. The van der Waals surface area contributed by atoms with E-state index in [1.165, 1.54) is 5.56 Å². The van der Waals surface area contributed by atoms with E-state index >= 15 is 0 Å². The van der Waals surface area contributed by atoms with Crippen LogP contribution >= 0.6 is 27.3 Å². The molecule has 4 nitrogen and oxygen atoms in total. The smallest absolute Gasteiger partial charge is 0.140 e. The van der Waals surface area contributed by atoms with Gasteiger partial charge < -0.3 is 5.32 Å². The Labute approximate surface area is 100 Å². The van der Waals surface area contributed by atoms with Crippen LogP contribution in [-0.2, 0) is 20.1 Å². The molecule has 0 aromatic carbocycles. The van der Waals surface area contributed by atoms with Gasteiger partial charge in [0.15, 0.2) is 0 Å². The van der Waals surface area contributed by atoms with Gasteiger partial charge >= 0.3 is 0 Å². The first kappa shape index (κ1) is 10.8. The van der Waals surface area contributed by atoms with Crippen LogP contribution in [0.25, 0.3) is 0 Å². The number of hydrogen-bond acceptors (Lipinski definition) is 4. The highest BCUT2D eigenvalue weighted by Crippen LogP contribution is 2.20. The minimum atomic E-state index is 0.740. The molecule has 2 heterocycles. The van der Waals surface area contributed by atoms with E-state index in [0.29, 0.717) is 0 Å². The van der Waals surface area contributed by atoms with Gasteiger partial charge in [-0.15, -0.1) is 11.3 Å². The summed E-state index contributed by atoms with van der Waals surface area (Å²) in [4.78, 5) is 4.13. The van der Waals surface area contributed by atoms with Crippen LogP contribution in [0.15, 0.2) is 21.6 Å². The van der Waals surface area contributed by atoms with Gasteiger partial charge in [0.25, 0.3) is 0 Å². The summed E-state index contributed by atoms with van der Waals surface area (Å²) in [6.45, 7) is 1.60. The average Bonchev–Trinajstić information content (AvgIpc) is 2.77. The van der Waals surface area contributed by atoms with Crippen LogP contribution in [0.4, 0.5) is 0 Å². The summed E-state index contributed by atoms with van der Waals surface area (Å²) in [5.41, 5.74) is 1.29. The van der Waals surface area contributed by atoms with Gasteiger partial charge in [-0.3, -0.25) is 4.68 Å². The predicted molar refractivity (Wildman–Crippen MR) is 63.6 cm³/mol. The van der Waals surface area contributed by atoms with Gasteiger partial charge in [0.05, 0.1) is 10.3 Å². The summed E-state index contributed by atoms with van der Waals surface area (Å²) in [6.07, 6.45) is 1.57. The summed E-state index contributed by atoms with van der Waals surface area (Å²) < 4.78 is 2.94. The van der Waals surface area contributed by atoms with E-state index in [2.05, 4.69) is 42.8 Å². The molecule has 0 spiro atoms. The quantitative estimate of drug-likeness (QED) is 0.934. The zero-order valence-corrected chi connectivity index (χ0v) is 10.7. The number of aryl methyl sites for hydroxylation is 1. The Morgan fingerprint density at radius 3 is 3.00 bits per heavy atom. The topological polar surface area (TPSA) is 42.7 Å². The Balaban J connectivity index is 1.83. The standard InChI is InChI=1S/C9H11BrN4S/c1-14-9(12-6-13-14)4-11-3-7-2-8(10)15-5-7/h2,5-6,11H,3-4H2,1H3. The van der Waals surface area contributed by atoms with Crippen molar-refractivity contribution in [1.29, 1.82) is 0 Å². The molecule has 0 aliphatic carbocycles. The van der Waals surface area contributed by atoms with Gasteiger partial charge in [-0.2, -0.15) is 5.10 Å². The van der Waals surface area contributed by atoms with E-state index < -0.39 is 0 Å². The molecular formula is C9H11BrN4S. The number of hydrogen-bond donors (Lipinski definition) is 1. The predicted octanol–water partition coefficient (Wildman–Crippen LogP) is 1.93. The highest BCUT2D eigenvalue weighted by Gasteiger charge is 2.00. The maximum absolute atomic E-state index is 4.13. The van der Waals surface area contributed by atoms with Crippen LogP contribution in [0.1, 0.15) is 11.4 Å². The summed E-state index contributed by atoms with van der Waals surface area (Å²) in [6, 6.07) is 2.12. The molecule has 0 saturated carbocycles. The van der Waals surface area contributed by atoms with Crippen molar-refractivity contribution in [3.8, 4) is 0 Å². The number of aromatic nitrogens is 3. The normalized spacial score (nSPS) is 10.8. The maximum Gasteiger partial charge on any atom is 0.140 e. The molecule has 2 rings (SSSR count). The third-order valence-corrected chi connectivity index (χ3v) is 3.59. The van der Waals surface area contributed by atoms with Gasteiger partial charge in [0.1, 0.15) is 12.2 Å². The average molecular weight is 287 g/mol. The van der Waals surface area contributed by atoms with Gasteiger partial charge in [-0.1, -0.05) is 0 Å². The molecule has 2 aromatic heterocycles. The molecule has 15 heavy (non-hydrogen) atoms. The zero-order chi connectivity index (χ0) is 10.7. The second-order valence-electron chi connectivity index (χ2n) is 3.16. The lowest BCUT2D eigenvalue weighted by atomic mass is 10.3. The Morgan fingerprint density at radius 1 is 1.53 bits per heavy atom. The van der Waals surface area contributed by atoms with Crippen molar-refractivity contribution in [3.63, 3.8) is 0 Å². The molecular weight excluding hydrogens is 276 g/mol. The van der Waals surface area contributed by atoms with Gasteiger partial charge in [0.2, 0.25) is 0 Å². The Bertz CT molecular complexity index is 437. The Hall–Kier alpha value is -0.720. The van der Waals surface area contributed by atoms with Gasteiger partial charge in [-0.25, -0.2) is 4.98 Å². The van der Waals surface area contributed by atoms with Crippen LogP contribution in [0.3, 0.4) is 0 Å². The second kappa shape index (κ2) is 4.87. The maximum atomic E-state index is 4.13. The molecule has 0 amide bonds. The Morgan fingerprint density at radius 2 is 2.40 bits per heavy atom.